The summed E-state index contributed by atoms with van der Waals surface area (Å²) in [6.07, 6.45) is 0. The summed E-state index contributed by atoms with van der Waals surface area (Å²) in [5, 5.41) is 7.61. The van der Waals surface area contributed by atoms with E-state index in [1.165, 1.54) is 86.1 Å². The highest BCUT2D eigenvalue weighted by Crippen LogP contribution is 2.45. The third-order valence-electron chi connectivity index (χ3n) is 12.2. The van der Waals surface area contributed by atoms with Gasteiger partial charge in [0.25, 0.3) is 0 Å². The van der Waals surface area contributed by atoms with Gasteiger partial charge in [0.05, 0.1) is 11.0 Å². The van der Waals surface area contributed by atoms with E-state index in [9.17, 15) is 0 Å². The molecule has 0 saturated carbocycles. The van der Waals surface area contributed by atoms with Crippen molar-refractivity contribution < 1.29 is 0 Å². The highest BCUT2D eigenvalue weighted by Gasteiger charge is 2.19. The van der Waals surface area contributed by atoms with Crippen LogP contribution < -0.4 is 4.90 Å². The third-order valence-corrected chi connectivity index (χ3v) is 13.3. The van der Waals surface area contributed by atoms with Crippen LogP contribution in [0, 0.1) is 0 Å². The Morgan fingerprint density at radius 1 is 0.328 bits per heavy atom. The van der Waals surface area contributed by atoms with E-state index in [4.69, 9.17) is 0 Å². The molecule has 3 heteroatoms. The number of benzene rings is 10. The maximum atomic E-state index is 2.42. The summed E-state index contributed by atoms with van der Waals surface area (Å²) in [5.74, 6) is 0. The minimum atomic E-state index is 1.09. The molecule has 61 heavy (non-hydrogen) atoms. The van der Waals surface area contributed by atoms with Crippen LogP contribution in [0.3, 0.4) is 0 Å². The summed E-state index contributed by atoms with van der Waals surface area (Å²) in [7, 11) is 0. The average Bonchev–Trinajstić information content (AvgIpc) is 3.88. The maximum Gasteiger partial charge on any atom is 0.0541 e. The Morgan fingerprint density at radius 2 is 0.852 bits per heavy atom. The van der Waals surface area contributed by atoms with Crippen LogP contribution in [0.15, 0.2) is 231 Å². The van der Waals surface area contributed by atoms with Gasteiger partial charge in [-0.25, -0.2) is 0 Å². The number of fused-ring (bicyclic) bond motifs is 7. The molecule has 286 valence electrons. The molecule has 0 aliphatic heterocycles. The Kier molecular flexibility index (Phi) is 8.39. The second-order valence-corrected chi connectivity index (χ2v) is 16.8. The lowest BCUT2D eigenvalue weighted by molar-refractivity contribution is 1.17. The SMILES string of the molecule is c1ccc(-c2cccc3cccc(-c4ccc(N(c5cccc(-n6c7ccccc7c7ccccc76)c5)c5ccc6c(c5)sc5cccc(-c7ccccc7)c56)cc4)c23)cc1. The minimum Gasteiger partial charge on any atom is -0.310 e. The van der Waals surface area contributed by atoms with Gasteiger partial charge in [-0.1, -0.05) is 170 Å². The molecule has 0 amide bonds. The van der Waals surface area contributed by atoms with Gasteiger partial charge in [-0.05, 0) is 105 Å². The van der Waals surface area contributed by atoms with Gasteiger partial charge >= 0.3 is 0 Å². The molecule has 0 bridgehead atoms. The first kappa shape index (κ1) is 35.2. The number of rotatable bonds is 7. The maximum absolute atomic E-state index is 2.42. The van der Waals surface area contributed by atoms with E-state index in [1.807, 2.05) is 11.3 Å². The predicted octanol–water partition coefficient (Wildman–Crippen LogP) is 16.8. The highest BCUT2D eigenvalue weighted by molar-refractivity contribution is 7.26. The van der Waals surface area contributed by atoms with Gasteiger partial charge in [0.15, 0.2) is 0 Å². The van der Waals surface area contributed by atoms with E-state index in [-0.39, 0.29) is 0 Å². The second-order valence-electron chi connectivity index (χ2n) is 15.7. The average molecular weight is 795 g/mol. The van der Waals surface area contributed by atoms with Gasteiger partial charge in [0, 0.05) is 53.7 Å². The lowest BCUT2D eigenvalue weighted by Crippen LogP contribution is -2.10. The molecule has 10 aromatic carbocycles. The van der Waals surface area contributed by atoms with Crippen molar-refractivity contribution in [2.75, 3.05) is 4.90 Å². The smallest absolute Gasteiger partial charge is 0.0541 e. The summed E-state index contributed by atoms with van der Waals surface area (Å²) >= 11 is 1.87. The summed E-state index contributed by atoms with van der Waals surface area (Å²) < 4.78 is 4.96. The Balaban J connectivity index is 1.04. The van der Waals surface area contributed by atoms with Gasteiger partial charge in [-0.3, -0.25) is 0 Å². The fourth-order valence-electron chi connectivity index (χ4n) is 9.46. The van der Waals surface area contributed by atoms with E-state index >= 15 is 0 Å². The van der Waals surface area contributed by atoms with Gasteiger partial charge in [0.1, 0.15) is 0 Å². The molecule has 2 aromatic heterocycles. The number of hydrogen-bond donors (Lipinski definition) is 0. The van der Waals surface area contributed by atoms with Gasteiger partial charge in [0.2, 0.25) is 0 Å². The molecule has 0 saturated heterocycles. The lowest BCUT2D eigenvalue weighted by atomic mass is 9.91. The summed E-state index contributed by atoms with van der Waals surface area (Å²) in [6.45, 7) is 0. The molecule has 0 N–H and O–H groups in total. The zero-order valence-electron chi connectivity index (χ0n) is 33.2. The van der Waals surface area contributed by atoms with Crippen molar-refractivity contribution in [2.24, 2.45) is 0 Å². The van der Waals surface area contributed by atoms with E-state index in [0.29, 0.717) is 0 Å². The summed E-state index contributed by atoms with van der Waals surface area (Å²) in [4.78, 5) is 2.42. The number of thiophene rings is 1. The Morgan fingerprint density at radius 3 is 1.51 bits per heavy atom. The third kappa shape index (κ3) is 5.93. The molecule has 0 aliphatic rings. The van der Waals surface area contributed by atoms with E-state index in [1.54, 1.807) is 0 Å². The van der Waals surface area contributed by atoms with E-state index < -0.39 is 0 Å². The molecule has 0 radical (unpaired) electrons. The van der Waals surface area contributed by atoms with Gasteiger partial charge in [-0.2, -0.15) is 0 Å². The van der Waals surface area contributed by atoms with Crippen molar-refractivity contribution in [3.63, 3.8) is 0 Å². The fourth-order valence-corrected chi connectivity index (χ4v) is 10.6. The highest BCUT2D eigenvalue weighted by atomic mass is 32.1. The Hall–Kier alpha value is -7.72. The molecule has 0 aliphatic carbocycles. The fraction of sp³-hybridized carbons (Fsp3) is 0. The molecule has 0 atom stereocenters. The first-order valence-corrected chi connectivity index (χ1v) is 21.7. The van der Waals surface area contributed by atoms with Crippen molar-refractivity contribution in [1.82, 2.24) is 4.57 Å². The number of aromatic nitrogens is 1. The molecule has 2 heterocycles. The molecular weight excluding hydrogens is 757 g/mol. The number of anilines is 3. The van der Waals surface area contributed by atoms with Crippen molar-refractivity contribution in [2.45, 2.75) is 0 Å². The van der Waals surface area contributed by atoms with Crippen LogP contribution in [-0.4, -0.2) is 4.57 Å². The lowest BCUT2D eigenvalue weighted by Gasteiger charge is -2.26. The molecule has 0 fully saturated rings. The van der Waals surface area contributed by atoms with Crippen LogP contribution in [-0.2, 0) is 0 Å². The number of nitrogens with zero attached hydrogens (tertiary/aromatic N) is 2. The first-order chi connectivity index (χ1) is 30.3. The van der Waals surface area contributed by atoms with Crippen LogP contribution in [0.5, 0.6) is 0 Å². The standard InChI is InChI=1S/C58H38N2S/c1-3-15-39(16-4-1)47-25-11-19-42-20-12-26-48(57(42)47)41-31-33-43(34-32-41)59(44-21-13-22-45(37-44)60-53-28-9-7-23-50(53)51-24-8-10-29-54(51)60)46-35-36-52-56(38-46)61-55-30-14-27-49(58(52)55)40-17-5-2-6-18-40/h1-38H. The molecule has 12 rings (SSSR count). The summed E-state index contributed by atoms with van der Waals surface area (Å²) in [6, 6.07) is 84.1. The van der Waals surface area contributed by atoms with Crippen molar-refractivity contribution in [1.29, 1.82) is 0 Å². The summed E-state index contributed by atoms with van der Waals surface area (Å²) in [5.41, 5.74) is 14.2. The molecular formula is C58H38N2S. The van der Waals surface area contributed by atoms with Crippen molar-refractivity contribution in [3.8, 4) is 39.1 Å². The zero-order chi connectivity index (χ0) is 40.3. The molecule has 2 nitrogen and oxygen atoms in total. The van der Waals surface area contributed by atoms with E-state index in [0.717, 1.165) is 22.7 Å². The van der Waals surface area contributed by atoms with Crippen LogP contribution in [0.1, 0.15) is 0 Å². The topological polar surface area (TPSA) is 8.17 Å². The quantitative estimate of drug-likeness (QED) is 0.156. The zero-order valence-corrected chi connectivity index (χ0v) is 34.1. The predicted molar refractivity (Wildman–Crippen MR) is 262 cm³/mol. The van der Waals surface area contributed by atoms with Crippen LogP contribution in [0.4, 0.5) is 17.1 Å². The van der Waals surface area contributed by atoms with Crippen LogP contribution >= 0.6 is 11.3 Å². The van der Waals surface area contributed by atoms with Crippen LogP contribution in [0.2, 0.25) is 0 Å². The Labute approximate surface area is 358 Å². The van der Waals surface area contributed by atoms with Crippen molar-refractivity contribution in [3.05, 3.63) is 231 Å². The minimum absolute atomic E-state index is 1.09. The number of para-hydroxylation sites is 2. The second kappa shape index (κ2) is 14.5. The molecule has 0 unspecified atom stereocenters. The largest absolute Gasteiger partial charge is 0.310 e. The molecule has 0 spiro atoms. The van der Waals surface area contributed by atoms with Crippen molar-refractivity contribution >= 4 is 81.1 Å². The van der Waals surface area contributed by atoms with E-state index in [2.05, 4.69) is 240 Å². The Bertz CT molecular complexity index is 3520. The van der Waals surface area contributed by atoms with Gasteiger partial charge < -0.3 is 9.47 Å². The monoisotopic (exact) mass is 794 g/mol. The first-order valence-electron chi connectivity index (χ1n) is 20.8. The van der Waals surface area contributed by atoms with Crippen LogP contribution in [0.25, 0.3) is 91.8 Å². The normalized spacial score (nSPS) is 11.6. The van der Waals surface area contributed by atoms with Gasteiger partial charge in [-0.15, -0.1) is 11.3 Å². The molecule has 12 aromatic rings. The number of hydrogen-bond acceptors (Lipinski definition) is 2.